The van der Waals surface area contributed by atoms with Crippen molar-refractivity contribution in [2.75, 3.05) is 19.7 Å². The van der Waals surface area contributed by atoms with Crippen molar-refractivity contribution >= 4 is 17.7 Å². The SMILES string of the molecule is CC[C@@H](C)NC(=O)[C@@H]1COC2(CCN(C(=O)C(C)C)CC2)N1C(=O)c1ccccc1C. The molecule has 3 amide bonds. The van der Waals surface area contributed by atoms with Gasteiger partial charge in [0, 0.05) is 43.5 Å². The van der Waals surface area contributed by atoms with Crippen molar-refractivity contribution in [3.05, 3.63) is 35.4 Å². The van der Waals surface area contributed by atoms with Gasteiger partial charge >= 0.3 is 0 Å². The first-order chi connectivity index (χ1) is 14.7. The van der Waals surface area contributed by atoms with Crippen molar-refractivity contribution < 1.29 is 19.1 Å². The molecule has 170 valence electrons. The number of nitrogens with one attached hydrogen (secondary N) is 1. The third-order valence-electron chi connectivity index (χ3n) is 6.51. The van der Waals surface area contributed by atoms with E-state index in [1.54, 1.807) is 11.0 Å². The predicted octanol–water partition coefficient (Wildman–Crippen LogP) is 2.73. The molecular formula is C24H35N3O4. The number of carbonyl (C=O) groups excluding carboxylic acids is 3. The van der Waals surface area contributed by atoms with Gasteiger partial charge in [-0.25, -0.2) is 0 Å². The highest BCUT2D eigenvalue weighted by Crippen LogP contribution is 2.39. The molecule has 1 aromatic carbocycles. The van der Waals surface area contributed by atoms with Crippen LogP contribution in [-0.2, 0) is 14.3 Å². The molecule has 0 radical (unpaired) electrons. The van der Waals surface area contributed by atoms with Gasteiger partial charge < -0.3 is 15.0 Å². The van der Waals surface area contributed by atoms with Crippen LogP contribution in [0.1, 0.15) is 62.9 Å². The molecule has 0 saturated carbocycles. The second kappa shape index (κ2) is 9.39. The summed E-state index contributed by atoms with van der Waals surface area (Å²) in [5.74, 6) is -0.342. The first-order valence-electron chi connectivity index (χ1n) is 11.3. The predicted molar refractivity (Wildman–Crippen MR) is 118 cm³/mol. The molecule has 7 heteroatoms. The van der Waals surface area contributed by atoms with Crippen LogP contribution in [0, 0.1) is 12.8 Å². The van der Waals surface area contributed by atoms with Crippen LogP contribution in [0.15, 0.2) is 24.3 Å². The molecule has 2 saturated heterocycles. The van der Waals surface area contributed by atoms with Crippen molar-refractivity contribution in [2.24, 2.45) is 5.92 Å². The third-order valence-corrected chi connectivity index (χ3v) is 6.51. The Morgan fingerprint density at radius 2 is 1.81 bits per heavy atom. The average Bonchev–Trinajstić information content (AvgIpc) is 3.12. The van der Waals surface area contributed by atoms with Gasteiger partial charge in [0.05, 0.1) is 6.61 Å². The van der Waals surface area contributed by atoms with Crippen LogP contribution in [0.3, 0.4) is 0 Å². The summed E-state index contributed by atoms with van der Waals surface area (Å²) in [6.45, 7) is 10.8. The van der Waals surface area contributed by atoms with Gasteiger partial charge in [-0.05, 0) is 31.9 Å². The number of carbonyl (C=O) groups is 3. The number of hydrogen-bond donors (Lipinski definition) is 1. The highest BCUT2D eigenvalue weighted by atomic mass is 16.5. The number of aryl methyl sites for hydroxylation is 1. The summed E-state index contributed by atoms with van der Waals surface area (Å²) >= 11 is 0. The summed E-state index contributed by atoms with van der Waals surface area (Å²) in [5.41, 5.74) is 0.572. The maximum atomic E-state index is 13.7. The van der Waals surface area contributed by atoms with E-state index in [0.717, 1.165) is 12.0 Å². The lowest BCUT2D eigenvalue weighted by Gasteiger charge is -2.45. The molecule has 31 heavy (non-hydrogen) atoms. The van der Waals surface area contributed by atoms with Gasteiger partial charge in [0.1, 0.15) is 11.8 Å². The number of hydrogen-bond acceptors (Lipinski definition) is 4. The van der Waals surface area contributed by atoms with E-state index < -0.39 is 11.8 Å². The molecule has 3 rings (SSSR count). The molecule has 1 aromatic rings. The van der Waals surface area contributed by atoms with E-state index in [-0.39, 0.29) is 36.3 Å². The third kappa shape index (κ3) is 4.61. The molecule has 0 bridgehead atoms. The summed E-state index contributed by atoms with van der Waals surface area (Å²) in [5, 5.41) is 3.01. The molecule has 1 N–H and O–H groups in total. The number of rotatable bonds is 5. The first kappa shape index (κ1) is 23.3. The second-order valence-corrected chi connectivity index (χ2v) is 9.06. The van der Waals surface area contributed by atoms with E-state index in [1.807, 2.05) is 57.7 Å². The topological polar surface area (TPSA) is 79.0 Å². The van der Waals surface area contributed by atoms with Gasteiger partial charge in [0.15, 0.2) is 0 Å². The van der Waals surface area contributed by atoms with Crippen LogP contribution in [0.5, 0.6) is 0 Å². The van der Waals surface area contributed by atoms with Gasteiger partial charge in [-0.2, -0.15) is 0 Å². The van der Waals surface area contributed by atoms with Gasteiger partial charge in [-0.1, -0.05) is 39.0 Å². The number of likely N-dealkylation sites (tertiary alicyclic amines) is 1. The van der Waals surface area contributed by atoms with Gasteiger partial charge in [-0.15, -0.1) is 0 Å². The zero-order valence-electron chi connectivity index (χ0n) is 19.3. The number of benzene rings is 1. The normalized spacial score (nSPS) is 21.4. The summed E-state index contributed by atoms with van der Waals surface area (Å²) in [7, 11) is 0. The Balaban J connectivity index is 1.90. The van der Waals surface area contributed by atoms with Crippen molar-refractivity contribution in [3.63, 3.8) is 0 Å². The summed E-state index contributed by atoms with van der Waals surface area (Å²) in [4.78, 5) is 42.7. The zero-order chi connectivity index (χ0) is 22.8. The Morgan fingerprint density at radius 1 is 1.16 bits per heavy atom. The molecule has 2 atom stereocenters. The maximum Gasteiger partial charge on any atom is 0.257 e. The van der Waals surface area contributed by atoms with Crippen LogP contribution < -0.4 is 5.32 Å². The van der Waals surface area contributed by atoms with Crippen molar-refractivity contribution in [1.82, 2.24) is 15.1 Å². The Hall–Kier alpha value is -2.41. The van der Waals surface area contributed by atoms with Crippen LogP contribution >= 0.6 is 0 Å². The average molecular weight is 430 g/mol. The van der Waals surface area contributed by atoms with Gasteiger partial charge in [0.2, 0.25) is 11.8 Å². The minimum Gasteiger partial charge on any atom is -0.353 e. The summed E-state index contributed by atoms with van der Waals surface area (Å²) in [6.07, 6.45) is 1.80. The van der Waals surface area contributed by atoms with Crippen LogP contribution in [0.25, 0.3) is 0 Å². The van der Waals surface area contributed by atoms with Crippen LogP contribution in [-0.4, -0.2) is 65.0 Å². The fourth-order valence-electron chi connectivity index (χ4n) is 4.39. The molecule has 2 aliphatic heterocycles. The number of piperidine rings is 1. The van der Waals surface area contributed by atoms with E-state index in [0.29, 0.717) is 31.5 Å². The van der Waals surface area contributed by atoms with Crippen molar-refractivity contribution in [2.45, 2.75) is 71.7 Å². The molecule has 0 unspecified atom stereocenters. The Labute approximate surface area is 185 Å². The minimum absolute atomic E-state index is 0.0185. The Morgan fingerprint density at radius 3 is 2.39 bits per heavy atom. The van der Waals surface area contributed by atoms with E-state index in [9.17, 15) is 14.4 Å². The largest absolute Gasteiger partial charge is 0.353 e. The molecule has 0 aliphatic carbocycles. The summed E-state index contributed by atoms with van der Waals surface area (Å²) in [6, 6.07) is 6.76. The first-order valence-corrected chi connectivity index (χ1v) is 11.3. The fraction of sp³-hybridized carbons (Fsp3) is 0.625. The van der Waals surface area contributed by atoms with E-state index in [4.69, 9.17) is 4.74 Å². The number of nitrogens with zero attached hydrogens (tertiary/aromatic N) is 2. The molecule has 1 spiro atoms. The van der Waals surface area contributed by atoms with E-state index >= 15 is 0 Å². The molecule has 2 fully saturated rings. The van der Waals surface area contributed by atoms with Gasteiger partial charge in [-0.3, -0.25) is 19.3 Å². The smallest absolute Gasteiger partial charge is 0.257 e. The lowest BCUT2D eigenvalue weighted by molar-refractivity contribution is -0.146. The lowest BCUT2D eigenvalue weighted by atomic mass is 9.95. The zero-order valence-corrected chi connectivity index (χ0v) is 19.3. The highest BCUT2D eigenvalue weighted by Gasteiger charge is 2.54. The van der Waals surface area contributed by atoms with E-state index in [1.165, 1.54) is 0 Å². The lowest BCUT2D eigenvalue weighted by Crippen LogP contribution is -2.60. The molecular weight excluding hydrogens is 394 g/mol. The molecule has 2 aliphatic rings. The number of amides is 3. The second-order valence-electron chi connectivity index (χ2n) is 9.06. The quantitative estimate of drug-likeness (QED) is 0.781. The Bertz CT molecular complexity index is 830. The standard InChI is InChI=1S/C24H35N3O4/c1-6-18(5)25-21(28)20-15-31-24(11-13-26(14-12-24)22(29)16(2)3)27(20)23(30)19-10-8-7-9-17(19)4/h7-10,16,18,20H,6,11-15H2,1-5H3,(H,25,28)/t18-,20+/m1/s1. The van der Waals surface area contributed by atoms with Crippen LogP contribution in [0.4, 0.5) is 0 Å². The highest BCUT2D eigenvalue weighted by molar-refractivity contribution is 5.99. The minimum atomic E-state index is -0.870. The monoisotopic (exact) mass is 429 g/mol. The van der Waals surface area contributed by atoms with Crippen molar-refractivity contribution in [3.8, 4) is 0 Å². The van der Waals surface area contributed by atoms with Gasteiger partial charge in [0.25, 0.3) is 5.91 Å². The molecule has 2 heterocycles. The fourth-order valence-corrected chi connectivity index (χ4v) is 4.39. The van der Waals surface area contributed by atoms with E-state index in [2.05, 4.69) is 5.32 Å². The molecule has 7 nitrogen and oxygen atoms in total. The maximum absolute atomic E-state index is 13.7. The van der Waals surface area contributed by atoms with Crippen molar-refractivity contribution in [1.29, 1.82) is 0 Å². The number of ether oxygens (including phenoxy) is 1. The molecule has 0 aromatic heterocycles. The summed E-state index contributed by atoms with van der Waals surface area (Å²) < 4.78 is 6.22. The van der Waals surface area contributed by atoms with Crippen LogP contribution in [0.2, 0.25) is 0 Å². The Kier molecular flexibility index (Phi) is 7.04.